The summed E-state index contributed by atoms with van der Waals surface area (Å²) in [5.74, 6) is 0. The molecule has 0 spiro atoms. The minimum atomic E-state index is -0.704. The Morgan fingerprint density at radius 1 is 0.900 bits per heavy atom. The first-order chi connectivity index (χ1) is 4.63. The van der Waals surface area contributed by atoms with Crippen LogP contribution in [0.4, 0.5) is 0 Å². The van der Waals surface area contributed by atoms with Crippen LogP contribution in [-0.2, 0) is 0 Å². The van der Waals surface area contributed by atoms with E-state index in [-0.39, 0.29) is 0 Å². The second-order valence-corrected chi connectivity index (χ2v) is 1.25. The topological polar surface area (TPSA) is 86.3 Å². The lowest BCUT2D eigenvalue weighted by molar-refractivity contribution is -0.404. The van der Waals surface area contributed by atoms with Gasteiger partial charge < -0.3 is 0 Å². The van der Waals surface area contributed by atoms with E-state index in [9.17, 15) is 20.2 Å². The van der Waals surface area contributed by atoms with E-state index in [1.54, 1.807) is 0 Å². The lowest BCUT2D eigenvalue weighted by Crippen LogP contribution is -1.83. The quantitative estimate of drug-likeness (QED) is 0.329. The molecule has 54 valence electrons. The molecule has 0 aromatic heterocycles. The molecular weight excluding hydrogens is 140 g/mol. The number of hydrogen-bond acceptors (Lipinski definition) is 4. The normalized spacial score (nSPS) is 10.8. The summed E-state index contributed by atoms with van der Waals surface area (Å²) >= 11 is 0. The highest BCUT2D eigenvalue weighted by Gasteiger charge is 1.82. The monoisotopic (exact) mass is 144 g/mol. The Kier molecular flexibility index (Phi) is 3.47. The fourth-order valence-electron chi connectivity index (χ4n) is 0.240. The van der Waals surface area contributed by atoms with E-state index >= 15 is 0 Å². The summed E-state index contributed by atoms with van der Waals surface area (Å²) in [6, 6.07) is 0. The molecule has 0 aliphatic carbocycles. The summed E-state index contributed by atoms with van der Waals surface area (Å²) in [6.07, 6.45) is 3.17. The predicted molar refractivity (Wildman–Crippen MR) is 32.3 cm³/mol. The molecular formula is C4H4N2O4. The fraction of sp³-hybridized carbons (Fsp3) is 0. The molecule has 0 saturated heterocycles. The number of nitrogens with zero attached hydrogens (tertiary/aromatic N) is 2. The van der Waals surface area contributed by atoms with Crippen molar-refractivity contribution in [1.82, 2.24) is 0 Å². The van der Waals surface area contributed by atoms with Gasteiger partial charge in [-0.1, -0.05) is 0 Å². The van der Waals surface area contributed by atoms with E-state index in [2.05, 4.69) is 0 Å². The summed E-state index contributed by atoms with van der Waals surface area (Å²) in [4.78, 5) is 17.7. The van der Waals surface area contributed by atoms with E-state index < -0.39 is 9.85 Å². The molecule has 6 heteroatoms. The zero-order valence-corrected chi connectivity index (χ0v) is 4.84. The third kappa shape index (κ3) is 6.28. The van der Waals surface area contributed by atoms with Crippen LogP contribution in [0.3, 0.4) is 0 Å². The summed E-state index contributed by atoms with van der Waals surface area (Å²) < 4.78 is 0. The third-order valence-electron chi connectivity index (χ3n) is 0.527. The van der Waals surface area contributed by atoms with E-state index in [4.69, 9.17) is 0 Å². The van der Waals surface area contributed by atoms with Gasteiger partial charge in [-0.05, 0) is 0 Å². The van der Waals surface area contributed by atoms with E-state index in [1.165, 1.54) is 0 Å². The standard InChI is InChI=1S/C4H4N2O4/c7-5(8)3-1-2-4-6(9)10/h1-4H. The van der Waals surface area contributed by atoms with Gasteiger partial charge in [0.1, 0.15) is 0 Å². The highest BCUT2D eigenvalue weighted by atomic mass is 16.6. The largest absolute Gasteiger partial charge is 0.259 e. The molecule has 6 nitrogen and oxygen atoms in total. The Morgan fingerprint density at radius 3 is 1.40 bits per heavy atom. The van der Waals surface area contributed by atoms with Gasteiger partial charge in [-0.3, -0.25) is 20.2 Å². The van der Waals surface area contributed by atoms with Crippen molar-refractivity contribution in [3.8, 4) is 0 Å². The molecule has 0 rings (SSSR count). The summed E-state index contributed by atoms with van der Waals surface area (Å²) in [5, 5.41) is 19.1. The lowest BCUT2D eigenvalue weighted by atomic mass is 10.6. The summed E-state index contributed by atoms with van der Waals surface area (Å²) in [6.45, 7) is 0. The molecule has 0 unspecified atom stereocenters. The van der Waals surface area contributed by atoms with Crippen molar-refractivity contribution in [2.45, 2.75) is 0 Å². The first kappa shape index (κ1) is 8.28. The second-order valence-electron chi connectivity index (χ2n) is 1.25. The van der Waals surface area contributed by atoms with E-state index in [0.717, 1.165) is 12.2 Å². The Bertz CT molecular complexity index is 173. The molecule has 0 aromatic carbocycles. The van der Waals surface area contributed by atoms with Crippen LogP contribution in [0.25, 0.3) is 0 Å². The third-order valence-corrected chi connectivity index (χ3v) is 0.527. The number of rotatable bonds is 3. The molecule has 0 atom stereocenters. The van der Waals surface area contributed by atoms with Gasteiger partial charge in [-0.25, -0.2) is 0 Å². The maximum Gasteiger partial charge on any atom is 0.234 e. The minimum absolute atomic E-state index is 0.611. The van der Waals surface area contributed by atoms with Gasteiger partial charge in [-0.2, -0.15) is 0 Å². The molecule has 0 radical (unpaired) electrons. The first-order valence-electron chi connectivity index (χ1n) is 2.25. The Balaban J connectivity index is 3.73. The smallest absolute Gasteiger partial charge is 0.234 e. The van der Waals surface area contributed by atoms with Gasteiger partial charge in [0.25, 0.3) is 0 Å². The molecule has 0 aliphatic rings. The molecule has 0 bridgehead atoms. The van der Waals surface area contributed by atoms with Gasteiger partial charge in [0.05, 0.1) is 9.85 Å². The number of allylic oxidation sites excluding steroid dienone is 2. The van der Waals surface area contributed by atoms with Crippen molar-refractivity contribution in [1.29, 1.82) is 0 Å². The fourth-order valence-corrected chi connectivity index (χ4v) is 0.240. The molecule has 10 heavy (non-hydrogen) atoms. The Hall–Kier alpha value is -1.72. The maximum atomic E-state index is 9.56. The van der Waals surface area contributed by atoms with Crippen molar-refractivity contribution in [3.63, 3.8) is 0 Å². The number of hydrogen-bond donors (Lipinski definition) is 0. The molecule has 0 amide bonds. The summed E-state index contributed by atoms with van der Waals surface area (Å²) in [7, 11) is 0. The first-order valence-corrected chi connectivity index (χ1v) is 2.25. The molecule has 0 fully saturated rings. The van der Waals surface area contributed by atoms with Crippen molar-refractivity contribution >= 4 is 0 Å². The predicted octanol–water partition coefficient (Wildman–Crippen LogP) is 0.567. The van der Waals surface area contributed by atoms with E-state index in [1.807, 2.05) is 0 Å². The second kappa shape index (κ2) is 4.19. The average Bonchev–Trinajstić information content (AvgIpc) is 1.79. The van der Waals surface area contributed by atoms with Gasteiger partial charge in [-0.15, -0.1) is 0 Å². The van der Waals surface area contributed by atoms with Crippen molar-refractivity contribution in [3.05, 3.63) is 44.8 Å². The lowest BCUT2D eigenvalue weighted by Gasteiger charge is -1.73. The summed E-state index contributed by atoms with van der Waals surface area (Å²) in [5.41, 5.74) is 0. The zero-order chi connectivity index (χ0) is 7.98. The highest BCUT2D eigenvalue weighted by Crippen LogP contribution is 1.78. The van der Waals surface area contributed by atoms with Gasteiger partial charge in [0, 0.05) is 12.2 Å². The van der Waals surface area contributed by atoms with Crippen LogP contribution in [0.1, 0.15) is 0 Å². The Morgan fingerprint density at radius 2 is 1.20 bits per heavy atom. The van der Waals surface area contributed by atoms with E-state index in [0.29, 0.717) is 12.4 Å². The van der Waals surface area contributed by atoms with Crippen LogP contribution in [0.2, 0.25) is 0 Å². The van der Waals surface area contributed by atoms with Gasteiger partial charge in [0.15, 0.2) is 0 Å². The van der Waals surface area contributed by atoms with Crippen LogP contribution in [-0.4, -0.2) is 9.85 Å². The molecule has 0 aromatic rings. The van der Waals surface area contributed by atoms with Crippen molar-refractivity contribution < 1.29 is 9.85 Å². The van der Waals surface area contributed by atoms with Crippen LogP contribution in [0.5, 0.6) is 0 Å². The van der Waals surface area contributed by atoms with Gasteiger partial charge in [0.2, 0.25) is 12.4 Å². The van der Waals surface area contributed by atoms with Crippen LogP contribution < -0.4 is 0 Å². The highest BCUT2D eigenvalue weighted by molar-refractivity contribution is 4.95. The van der Waals surface area contributed by atoms with Gasteiger partial charge >= 0.3 is 0 Å². The minimum Gasteiger partial charge on any atom is -0.259 e. The average molecular weight is 144 g/mol. The van der Waals surface area contributed by atoms with Crippen LogP contribution >= 0.6 is 0 Å². The molecule has 0 saturated carbocycles. The number of nitro groups is 2. The Labute approximate surface area is 55.8 Å². The van der Waals surface area contributed by atoms with Crippen molar-refractivity contribution in [2.75, 3.05) is 0 Å². The maximum absolute atomic E-state index is 9.56. The molecule has 0 N–H and O–H groups in total. The SMILES string of the molecule is O=[N+]([O-])C=CC=C[N+](=O)[O-]. The molecule has 0 heterocycles. The molecule has 0 aliphatic heterocycles. The zero-order valence-electron chi connectivity index (χ0n) is 4.84. The van der Waals surface area contributed by atoms with Crippen LogP contribution in [0.15, 0.2) is 24.6 Å². The van der Waals surface area contributed by atoms with Crippen molar-refractivity contribution in [2.24, 2.45) is 0 Å². The van der Waals surface area contributed by atoms with Crippen LogP contribution in [0, 0.1) is 20.2 Å².